The number of ether oxygens (including phenoxy) is 4. The first kappa shape index (κ1) is 22.3. The fourth-order valence-corrected chi connectivity index (χ4v) is 7.08. The van der Waals surface area contributed by atoms with E-state index in [1.807, 2.05) is 0 Å². The summed E-state index contributed by atoms with van der Waals surface area (Å²) < 4.78 is 22.4. The van der Waals surface area contributed by atoms with E-state index in [4.69, 9.17) is 18.9 Å². The molecule has 0 aromatic heterocycles. The molecule has 0 radical (unpaired) electrons. The van der Waals surface area contributed by atoms with Crippen LogP contribution in [0.2, 0.25) is 0 Å². The van der Waals surface area contributed by atoms with Gasteiger partial charge in [0.15, 0.2) is 0 Å². The summed E-state index contributed by atoms with van der Waals surface area (Å²) in [6, 6.07) is 0. The highest BCUT2D eigenvalue weighted by Gasteiger charge is 2.68. The van der Waals surface area contributed by atoms with Gasteiger partial charge >= 0.3 is 17.9 Å². The van der Waals surface area contributed by atoms with E-state index in [0.717, 1.165) is 32.1 Å². The Hall–Kier alpha value is -1.89. The quantitative estimate of drug-likeness (QED) is 0.380. The first-order valence-corrected chi connectivity index (χ1v) is 11.3. The zero-order valence-electron chi connectivity index (χ0n) is 19.1. The van der Waals surface area contributed by atoms with Gasteiger partial charge < -0.3 is 18.9 Å². The third kappa shape index (κ3) is 3.59. The molecular formula is C24H34O7. The number of carbonyl (C=O) groups is 3. The van der Waals surface area contributed by atoms with Crippen molar-refractivity contribution in [3.63, 3.8) is 0 Å². The summed E-state index contributed by atoms with van der Waals surface area (Å²) in [5.74, 6) is -1.92. The van der Waals surface area contributed by atoms with Crippen LogP contribution in [0.15, 0.2) is 12.2 Å². The summed E-state index contributed by atoms with van der Waals surface area (Å²) in [5.41, 5.74) is 1.13. The van der Waals surface area contributed by atoms with Gasteiger partial charge in [0.1, 0.15) is 0 Å². The van der Waals surface area contributed by atoms with Gasteiger partial charge in [0.25, 0.3) is 0 Å². The van der Waals surface area contributed by atoms with Gasteiger partial charge in [-0.25, -0.2) is 4.79 Å². The summed E-state index contributed by atoms with van der Waals surface area (Å²) in [5, 5.41) is 0. The SMILES string of the molecule is C=C1CCCC(C)(C)[C@@H]2CC[C@@](C)([C@@H]3[C@@H]4OC(=O)[C@@H](OC(C)=O)[C@@H]3[C@H](OC(C)=O)O4)[C@H]12. The minimum Gasteiger partial charge on any atom is -0.450 e. The Bertz CT molecular complexity index is 802. The lowest BCUT2D eigenvalue weighted by molar-refractivity contribution is -0.219. The molecule has 31 heavy (non-hydrogen) atoms. The number of carbonyl (C=O) groups excluding carboxylic acids is 3. The van der Waals surface area contributed by atoms with Crippen LogP contribution in [-0.2, 0) is 33.3 Å². The summed E-state index contributed by atoms with van der Waals surface area (Å²) >= 11 is 0. The van der Waals surface area contributed by atoms with Crippen LogP contribution < -0.4 is 0 Å². The zero-order valence-corrected chi connectivity index (χ0v) is 19.1. The molecule has 2 heterocycles. The van der Waals surface area contributed by atoms with Gasteiger partial charge in [0, 0.05) is 19.8 Å². The van der Waals surface area contributed by atoms with Gasteiger partial charge in [-0.15, -0.1) is 0 Å². The van der Waals surface area contributed by atoms with Crippen LogP contribution in [0.1, 0.15) is 66.7 Å². The molecule has 4 rings (SSSR count). The van der Waals surface area contributed by atoms with Crippen molar-refractivity contribution in [2.45, 2.75) is 85.4 Å². The van der Waals surface area contributed by atoms with E-state index in [9.17, 15) is 14.4 Å². The molecule has 4 aliphatic rings. The number of fused-ring (bicyclic) bond motifs is 3. The maximum Gasteiger partial charge on any atom is 0.350 e. The Morgan fingerprint density at radius 3 is 2.42 bits per heavy atom. The average Bonchev–Trinajstić information content (AvgIpc) is 3.10. The van der Waals surface area contributed by atoms with Gasteiger partial charge in [-0.1, -0.05) is 32.9 Å². The lowest BCUT2D eigenvalue weighted by Gasteiger charge is -2.47. The van der Waals surface area contributed by atoms with Crippen molar-refractivity contribution in [1.29, 1.82) is 0 Å². The van der Waals surface area contributed by atoms with Crippen molar-refractivity contribution < 1.29 is 33.3 Å². The molecule has 0 N–H and O–H groups in total. The first-order valence-electron chi connectivity index (χ1n) is 11.3. The Morgan fingerprint density at radius 1 is 1.10 bits per heavy atom. The van der Waals surface area contributed by atoms with Gasteiger partial charge in [-0.2, -0.15) is 0 Å². The van der Waals surface area contributed by atoms with E-state index in [1.165, 1.54) is 19.4 Å². The highest BCUT2D eigenvalue weighted by molar-refractivity contribution is 5.80. The molecular weight excluding hydrogens is 400 g/mol. The van der Waals surface area contributed by atoms with Crippen molar-refractivity contribution in [3.05, 3.63) is 12.2 Å². The van der Waals surface area contributed by atoms with E-state index in [1.54, 1.807) is 0 Å². The standard InChI is InChI=1S/C24H34O7/c1-12-8-7-10-23(4,5)15-9-11-24(6,17(12)15)18-16-19(28-13(2)25)20(27)30-22(18)31-21(16)29-14(3)26/h15-19,21-22H,1,7-11H2,2-6H3/t15-,16-,17-,18+,19+,21-,22-,24-/m1/s1. The predicted molar refractivity (Wildman–Crippen MR) is 110 cm³/mol. The molecule has 0 aromatic rings. The summed E-state index contributed by atoms with van der Waals surface area (Å²) in [6.45, 7) is 13.9. The molecule has 0 spiro atoms. The average molecular weight is 435 g/mol. The zero-order chi connectivity index (χ0) is 22.7. The molecule has 7 heteroatoms. The molecule has 2 aliphatic carbocycles. The second-order valence-electron chi connectivity index (χ2n) is 10.7. The van der Waals surface area contributed by atoms with Crippen LogP contribution in [0.3, 0.4) is 0 Å². The third-order valence-corrected chi connectivity index (χ3v) is 8.31. The topological polar surface area (TPSA) is 88.1 Å². The number of hydrogen-bond acceptors (Lipinski definition) is 7. The van der Waals surface area contributed by atoms with Crippen molar-refractivity contribution >= 4 is 17.9 Å². The second-order valence-corrected chi connectivity index (χ2v) is 10.7. The van der Waals surface area contributed by atoms with Crippen LogP contribution in [0.4, 0.5) is 0 Å². The van der Waals surface area contributed by atoms with Gasteiger partial charge in [-0.3, -0.25) is 9.59 Å². The molecule has 172 valence electrons. The van der Waals surface area contributed by atoms with Crippen molar-refractivity contribution in [2.75, 3.05) is 0 Å². The maximum absolute atomic E-state index is 12.7. The van der Waals surface area contributed by atoms with E-state index in [0.29, 0.717) is 5.92 Å². The Labute approximate surface area is 183 Å². The monoisotopic (exact) mass is 434 g/mol. The summed E-state index contributed by atoms with van der Waals surface area (Å²) in [4.78, 5) is 36.2. The van der Waals surface area contributed by atoms with Crippen LogP contribution in [0, 0.1) is 34.5 Å². The highest BCUT2D eigenvalue weighted by Crippen LogP contribution is 2.66. The van der Waals surface area contributed by atoms with Gasteiger partial charge in [-0.05, 0) is 54.8 Å². The Kier molecular flexibility index (Phi) is 5.48. The fourth-order valence-electron chi connectivity index (χ4n) is 7.08. The molecule has 2 aliphatic heterocycles. The molecule has 0 aromatic carbocycles. The third-order valence-electron chi connectivity index (χ3n) is 8.31. The Morgan fingerprint density at radius 2 is 1.77 bits per heavy atom. The van der Waals surface area contributed by atoms with Gasteiger partial charge in [0.2, 0.25) is 18.7 Å². The first-order chi connectivity index (χ1) is 14.5. The molecule has 4 fully saturated rings. The largest absolute Gasteiger partial charge is 0.450 e. The van der Waals surface area contributed by atoms with E-state index in [2.05, 4.69) is 27.4 Å². The fraction of sp³-hybridized carbons (Fsp3) is 0.792. The predicted octanol–water partition coefficient (Wildman–Crippen LogP) is 3.75. The number of esters is 3. The van der Waals surface area contributed by atoms with E-state index >= 15 is 0 Å². The van der Waals surface area contributed by atoms with Gasteiger partial charge in [0.05, 0.1) is 5.92 Å². The van der Waals surface area contributed by atoms with E-state index < -0.39 is 42.5 Å². The lowest BCUT2D eigenvalue weighted by atomic mass is 9.58. The number of hydrogen-bond donors (Lipinski definition) is 0. The minimum atomic E-state index is -1.16. The van der Waals surface area contributed by atoms with E-state index in [-0.39, 0.29) is 22.7 Å². The number of rotatable bonds is 3. The molecule has 8 atom stereocenters. The molecule has 0 unspecified atom stereocenters. The molecule has 7 nitrogen and oxygen atoms in total. The molecule has 2 saturated heterocycles. The lowest BCUT2D eigenvalue weighted by Crippen LogP contribution is -2.54. The van der Waals surface area contributed by atoms with Crippen LogP contribution in [0.25, 0.3) is 0 Å². The van der Waals surface area contributed by atoms with Crippen LogP contribution >= 0.6 is 0 Å². The maximum atomic E-state index is 12.7. The van der Waals surface area contributed by atoms with Crippen molar-refractivity contribution in [1.82, 2.24) is 0 Å². The highest BCUT2D eigenvalue weighted by atomic mass is 16.8. The molecule has 0 amide bonds. The van der Waals surface area contributed by atoms with Crippen molar-refractivity contribution in [3.8, 4) is 0 Å². The molecule has 2 bridgehead atoms. The normalized spacial score (nSPS) is 43.6. The second kappa shape index (κ2) is 7.61. The summed E-state index contributed by atoms with van der Waals surface area (Å²) in [6.07, 6.45) is 2.22. The Balaban J connectivity index is 1.76. The number of allylic oxidation sites excluding steroid dienone is 1. The molecule has 2 saturated carbocycles. The minimum absolute atomic E-state index is 0.178. The van der Waals surface area contributed by atoms with Crippen LogP contribution in [-0.4, -0.2) is 36.6 Å². The van der Waals surface area contributed by atoms with Crippen molar-refractivity contribution in [2.24, 2.45) is 34.5 Å². The van der Waals surface area contributed by atoms with Crippen LogP contribution in [0.5, 0.6) is 0 Å². The summed E-state index contributed by atoms with van der Waals surface area (Å²) in [7, 11) is 0. The smallest absolute Gasteiger partial charge is 0.350 e.